The van der Waals surface area contributed by atoms with Gasteiger partial charge in [0.25, 0.3) is 0 Å². The number of amides is 8. The fourth-order valence-electron chi connectivity index (χ4n) is 11.9. The smallest absolute Gasteiger partial charge is 0.400 e. The van der Waals surface area contributed by atoms with Gasteiger partial charge >= 0.3 is 31.2 Å². The van der Waals surface area contributed by atoms with Gasteiger partial charge in [-0.3, -0.25) is 9.68 Å². The molecule has 7 aromatic rings. The molecule has 0 N–H and O–H groups in total. The molecule has 4 aromatic heterocycles. The normalized spacial score (nSPS) is 21.1. The lowest BCUT2D eigenvalue weighted by Gasteiger charge is -2.32. The van der Waals surface area contributed by atoms with E-state index in [1.807, 2.05) is 141 Å². The van der Waals surface area contributed by atoms with Gasteiger partial charge in [0.1, 0.15) is 16.7 Å². The maximum atomic E-state index is 12.3. The highest BCUT2D eigenvalue weighted by Gasteiger charge is 2.57. The molecular weight excluding hydrogens is 1400 g/mol. The highest BCUT2D eigenvalue weighted by Crippen LogP contribution is 2.42. The topological polar surface area (TPSA) is 183 Å². The van der Waals surface area contributed by atoms with E-state index in [9.17, 15) is 19.2 Å². The molecule has 27 heteroatoms. The predicted molar refractivity (Wildman–Crippen MR) is 401 cm³/mol. The highest BCUT2D eigenvalue weighted by atomic mass is 79.9. The van der Waals surface area contributed by atoms with Gasteiger partial charge in [0.2, 0.25) is 0 Å². The standard InChI is InChI=1S/C15H23BN2O4.C15H15P.C12H13N3O2S.2C10H11N3OS.C6H6.C3H2BrNS/c1-6-9-20-18-12-10-17(13(18)19)8-7-11(12)16-21-14(2,3)15(4,5)22-16;1-2-13-16(14-9-5-3-6-10-14)15-11-7-4-8-12-15;1-2-7-17-15-10-8-14(12(15)16)6-4-9(10)11-3-5-13-18-11;2*1-12-8-6-13(10(12)14)5-3-7(8)9-2-4-11-15-9;1-2-4-6-5-3-1;4-3-1-2-5-6-3/h6-7,12H,1,8-10H2,2-5H3;2-13H,1H3;2-5,10H,1,6-8H2;2*2-4,8H,5-6H2,1H3;1-6H;1-2H/p+1/b;13-2+;;;;;. The number of carbonyl (C=O) groups excluding carboxylic acids is 4. The van der Waals surface area contributed by atoms with Gasteiger partial charge in [-0.15, -0.1) is 13.2 Å². The summed E-state index contributed by atoms with van der Waals surface area (Å²) in [6.45, 7) is 23.6. The van der Waals surface area contributed by atoms with E-state index in [1.165, 1.54) is 87.8 Å². The van der Waals surface area contributed by atoms with Gasteiger partial charge in [0.05, 0.1) is 81.2 Å². The largest absolute Gasteiger partial charge is 0.492 e. The second kappa shape index (κ2) is 34.4. The van der Waals surface area contributed by atoms with E-state index in [4.69, 9.17) is 19.0 Å². The van der Waals surface area contributed by atoms with Crippen LogP contribution in [-0.2, 0) is 19.0 Å². The summed E-state index contributed by atoms with van der Waals surface area (Å²) < 4.78 is 29.5. The second-order valence-corrected chi connectivity index (χ2v) is 31.4. The number of urea groups is 4. The number of rotatable bonds is 13. The van der Waals surface area contributed by atoms with Gasteiger partial charge < -0.3 is 38.7 Å². The lowest BCUT2D eigenvalue weighted by molar-refractivity contribution is -0.109. The zero-order valence-corrected chi connectivity index (χ0v) is 61.8. The number of halogens is 1. The first-order valence-electron chi connectivity index (χ1n) is 32.2. The van der Waals surface area contributed by atoms with Crippen LogP contribution in [-0.4, -0.2) is 203 Å². The summed E-state index contributed by atoms with van der Waals surface area (Å²) >= 11 is 9.12. The minimum absolute atomic E-state index is 0.0355. The number of fused-ring (bicyclic) bond motifs is 8. The highest BCUT2D eigenvalue weighted by molar-refractivity contribution is 9.11. The molecule has 512 valence electrons. The summed E-state index contributed by atoms with van der Waals surface area (Å²) in [5.41, 5.74) is 3.80. The van der Waals surface area contributed by atoms with Crippen molar-refractivity contribution in [2.45, 2.75) is 70.0 Å². The molecule has 4 atom stereocenters. The van der Waals surface area contributed by atoms with Crippen LogP contribution in [0, 0.1) is 0 Å². The Morgan fingerprint density at radius 3 is 1.24 bits per heavy atom. The van der Waals surface area contributed by atoms with Crippen molar-refractivity contribution in [3.8, 4) is 0 Å². The lowest BCUT2D eigenvalue weighted by atomic mass is 9.72. The van der Waals surface area contributed by atoms with Crippen LogP contribution in [0.3, 0.4) is 0 Å². The summed E-state index contributed by atoms with van der Waals surface area (Å²) in [5, 5.41) is 5.76. The molecule has 8 bridgehead atoms. The zero-order valence-electron chi connectivity index (χ0n) is 56.0. The number of likely N-dealkylation sites (N-methyl/N-ethyl adjacent to an activating group) is 2. The van der Waals surface area contributed by atoms with Crippen molar-refractivity contribution in [3.63, 3.8) is 0 Å². The maximum absolute atomic E-state index is 12.3. The molecule has 20 nitrogen and oxygen atoms in total. The molecule has 0 saturated carbocycles. The Bertz CT molecular complexity index is 3760. The Labute approximate surface area is 600 Å². The number of hydrogen-bond acceptors (Lipinski definition) is 16. The van der Waals surface area contributed by atoms with E-state index in [1.54, 1.807) is 34.3 Å². The van der Waals surface area contributed by atoms with Crippen LogP contribution in [0.1, 0.15) is 49.3 Å². The summed E-state index contributed by atoms with van der Waals surface area (Å²) in [6, 6.07) is 41.7. The number of allylic oxidation sites excluding steroid dienone is 1. The molecule has 3 aromatic carbocycles. The van der Waals surface area contributed by atoms with E-state index in [-0.39, 0.29) is 48.3 Å². The molecule has 0 spiro atoms. The molecule has 13 heterocycles. The van der Waals surface area contributed by atoms with Crippen LogP contribution in [0.25, 0.3) is 16.7 Å². The number of carbonyl (C=O) groups is 4. The fourth-order valence-corrected chi connectivity index (χ4v) is 16.8. The van der Waals surface area contributed by atoms with Crippen LogP contribution >= 0.6 is 70.0 Å². The van der Waals surface area contributed by atoms with E-state index >= 15 is 0 Å². The van der Waals surface area contributed by atoms with Crippen molar-refractivity contribution in [1.29, 1.82) is 0 Å². The Kier molecular flexibility index (Phi) is 25.6. The van der Waals surface area contributed by atoms with Crippen LogP contribution in [0.4, 0.5) is 19.2 Å². The summed E-state index contributed by atoms with van der Waals surface area (Å²) in [6.07, 6.45) is 21.0. The van der Waals surface area contributed by atoms with Crippen molar-refractivity contribution in [1.82, 2.24) is 57.0 Å². The Balaban J connectivity index is 0.000000128. The van der Waals surface area contributed by atoms with Crippen molar-refractivity contribution in [2.75, 3.05) is 79.7 Å². The molecule has 8 amide bonds. The minimum atomic E-state index is -0.731. The van der Waals surface area contributed by atoms with Crippen molar-refractivity contribution in [2.24, 2.45) is 0 Å². The second-order valence-electron chi connectivity index (χ2n) is 24.4. The molecule has 16 rings (SSSR count). The molecule has 4 unspecified atom stereocenters. The summed E-state index contributed by atoms with van der Waals surface area (Å²) in [4.78, 5) is 73.1. The van der Waals surface area contributed by atoms with Gasteiger partial charge in [-0.2, -0.15) is 10.1 Å². The van der Waals surface area contributed by atoms with E-state index in [2.05, 4.69) is 144 Å². The fraction of sp³-hybridized carbons (Fsp3) is 0.324. The number of nitrogens with zero attached hydrogens (tertiary/aromatic N) is 12. The third kappa shape index (κ3) is 17.4. The Morgan fingerprint density at radius 1 is 0.520 bits per heavy atom. The van der Waals surface area contributed by atoms with E-state index < -0.39 is 26.2 Å². The van der Waals surface area contributed by atoms with Gasteiger partial charge in [-0.25, -0.2) is 36.7 Å². The summed E-state index contributed by atoms with van der Waals surface area (Å²) in [5.74, 6) is 2.34. The average molecular weight is 1480 g/mol. The van der Waals surface area contributed by atoms with Gasteiger partial charge in [-0.05, 0) is 167 Å². The number of aromatic nitrogens is 4. The van der Waals surface area contributed by atoms with Crippen molar-refractivity contribution in [3.05, 3.63) is 232 Å². The quantitative estimate of drug-likeness (QED) is 0.0606. The molecule has 9 aliphatic rings. The first-order valence-corrected chi connectivity index (χ1v) is 37.6. The molecule has 5 fully saturated rings. The number of hydrogen-bond donors (Lipinski definition) is 0. The van der Waals surface area contributed by atoms with Crippen molar-refractivity contribution >= 4 is 129 Å². The number of benzene rings is 3. The Morgan fingerprint density at radius 2 is 0.878 bits per heavy atom. The monoisotopic (exact) mass is 1480 g/mol. The van der Waals surface area contributed by atoms with Crippen LogP contribution in [0.2, 0.25) is 0 Å². The predicted octanol–water partition coefficient (Wildman–Crippen LogP) is 13.1. The minimum Gasteiger partial charge on any atom is -0.400 e. The summed E-state index contributed by atoms with van der Waals surface area (Å²) in [7, 11) is 2.56. The van der Waals surface area contributed by atoms with Gasteiger partial charge in [0.15, 0.2) is 0 Å². The van der Waals surface area contributed by atoms with Crippen LogP contribution < -0.4 is 10.6 Å². The third-order valence-electron chi connectivity index (χ3n) is 17.7. The van der Waals surface area contributed by atoms with E-state index in [0.717, 1.165) is 45.9 Å². The first-order chi connectivity index (χ1) is 47.4. The molecule has 0 radical (unpaired) electrons. The molecule has 0 aliphatic carbocycles. The van der Waals surface area contributed by atoms with Gasteiger partial charge in [-0.1, -0.05) is 115 Å². The lowest BCUT2D eigenvalue weighted by Crippen LogP contribution is -2.41. The molecular formula is C71H82BBrN12O8PS4+. The Hall–Kier alpha value is -7.75. The average Bonchev–Trinajstić information content (AvgIpc) is 1.62. The SMILES string of the molecule is Brc1ccns1.C/C=C/[PH+](c1ccccc1)c1ccccc1.C=CCON1C(=O)N2CC=C(B3OC(C)(C)C(C)(C)O3)C1C2.C=CCON1C(=O)N2CC=C(c3ccns3)C1C2.CN1C(=O)N2CC=C(c3ccns3)C1C2.CN1C(=O)N2CC=C(c3ccns3)C1C2.c1ccccc1. The maximum Gasteiger partial charge on any atom is 0.492 e. The first kappa shape index (κ1) is 73.0. The van der Waals surface area contributed by atoms with Gasteiger partial charge in [0, 0.05) is 84.7 Å². The zero-order chi connectivity index (χ0) is 69.3. The number of hydroxylamine groups is 4. The molecule has 9 aliphatic heterocycles. The van der Waals surface area contributed by atoms with Crippen LogP contribution in [0.15, 0.2) is 217 Å². The van der Waals surface area contributed by atoms with Crippen LogP contribution in [0.5, 0.6) is 0 Å². The third-order valence-corrected chi connectivity index (χ3v) is 23.9. The van der Waals surface area contributed by atoms with E-state index in [0.29, 0.717) is 39.4 Å². The molecule has 98 heavy (non-hydrogen) atoms. The van der Waals surface area contributed by atoms with Crippen molar-refractivity contribution < 1.29 is 38.2 Å². The molecule has 5 saturated heterocycles.